The molecule has 2 rings (SSSR count). The van der Waals surface area contributed by atoms with Crippen molar-refractivity contribution in [2.75, 3.05) is 19.7 Å². The molecule has 0 unspecified atom stereocenters. The fourth-order valence-electron chi connectivity index (χ4n) is 1.36. The van der Waals surface area contributed by atoms with Crippen LogP contribution in [0.2, 0.25) is 0 Å². The van der Waals surface area contributed by atoms with Gasteiger partial charge in [0.1, 0.15) is 0 Å². The third-order valence-electron chi connectivity index (χ3n) is 2.10. The van der Waals surface area contributed by atoms with E-state index in [1.54, 1.807) is 0 Å². The van der Waals surface area contributed by atoms with E-state index in [2.05, 4.69) is 5.32 Å². The molecule has 1 aliphatic carbocycles. The molecule has 1 saturated carbocycles. The lowest BCUT2D eigenvalue weighted by molar-refractivity contribution is 0.0149. The van der Waals surface area contributed by atoms with E-state index in [4.69, 9.17) is 4.74 Å². The molecular weight excluding hydrogens is 150 g/mol. The van der Waals surface area contributed by atoms with E-state index in [9.17, 15) is 0 Å². The minimum Gasteiger partial charge on any atom is -0.375 e. The van der Waals surface area contributed by atoms with Crippen molar-refractivity contribution in [2.45, 2.75) is 18.9 Å². The highest BCUT2D eigenvalue weighted by molar-refractivity contribution is 5.85. The number of nitrogens with one attached hydrogen (secondary N) is 1. The molecular formula is C7H14ClNO. The van der Waals surface area contributed by atoms with Crippen LogP contribution in [0.15, 0.2) is 0 Å². The first-order chi connectivity index (χ1) is 4.47. The van der Waals surface area contributed by atoms with Crippen molar-refractivity contribution in [1.29, 1.82) is 0 Å². The molecule has 2 fully saturated rings. The van der Waals surface area contributed by atoms with Crippen molar-refractivity contribution in [3.8, 4) is 0 Å². The largest absolute Gasteiger partial charge is 0.375 e. The fourth-order valence-corrected chi connectivity index (χ4v) is 1.36. The van der Waals surface area contributed by atoms with Gasteiger partial charge < -0.3 is 10.1 Å². The molecule has 0 bridgehead atoms. The Kier molecular flexibility index (Phi) is 2.96. The minimum atomic E-state index is 0. The van der Waals surface area contributed by atoms with E-state index in [0.29, 0.717) is 6.10 Å². The summed E-state index contributed by atoms with van der Waals surface area (Å²) in [6.45, 7) is 3.05. The lowest BCUT2D eigenvalue weighted by atomic mass is 10.2. The first-order valence-electron chi connectivity index (χ1n) is 3.79. The first kappa shape index (κ1) is 8.31. The summed E-state index contributed by atoms with van der Waals surface area (Å²) in [5.74, 6) is 0.901. The molecule has 0 spiro atoms. The van der Waals surface area contributed by atoms with Crippen LogP contribution in [0, 0.1) is 5.92 Å². The van der Waals surface area contributed by atoms with Gasteiger partial charge in [0.15, 0.2) is 0 Å². The summed E-state index contributed by atoms with van der Waals surface area (Å²) in [6, 6.07) is 0. The predicted octanol–water partition coefficient (Wildman–Crippen LogP) is 0.807. The molecule has 0 aromatic rings. The molecule has 1 N–H and O–H groups in total. The van der Waals surface area contributed by atoms with E-state index in [1.807, 2.05) is 0 Å². The number of halogens is 1. The molecule has 0 aromatic carbocycles. The molecule has 0 aromatic heterocycles. The summed E-state index contributed by atoms with van der Waals surface area (Å²) in [4.78, 5) is 0. The summed E-state index contributed by atoms with van der Waals surface area (Å²) in [5, 5.41) is 3.33. The monoisotopic (exact) mass is 163 g/mol. The van der Waals surface area contributed by atoms with Crippen molar-refractivity contribution < 1.29 is 4.74 Å². The normalized spacial score (nSPS) is 33.0. The third-order valence-corrected chi connectivity index (χ3v) is 2.10. The second-order valence-corrected chi connectivity index (χ2v) is 2.95. The Balaban J connectivity index is 0.000000500. The molecule has 1 heterocycles. The van der Waals surface area contributed by atoms with Crippen LogP contribution in [0.1, 0.15) is 12.8 Å². The summed E-state index contributed by atoms with van der Waals surface area (Å²) in [5.41, 5.74) is 0. The first-order valence-corrected chi connectivity index (χ1v) is 3.79. The van der Waals surface area contributed by atoms with Crippen LogP contribution >= 0.6 is 12.4 Å². The van der Waals surface area contributed by atoms with Crippen molar-refractivity contribution >= 4 is 12.4 Å². The standard InChI is InChI=1S/C7H13NO.ClH/c1-2-6(1)7-5-8-3-4-9-7;/h6-8H,1-5H2;1H/t7-;/m0./s1. The highest BCUT2D eigenvalue weighted by Gasteiger charge is 2.32. The summed E-state index contributed by atoms with van der Waals surface area (Å²) < 4.78 is 5.54. The van der Waals surface area contributed by atoms with Gasteiger partial charge in [-0.1, -0.05) is 0 Å². The molecule has 1 aliphatic heterocycles. The number of morpholine rings is 1. The van der Waals surface area contributed by atoms with E-state index < -0.39 is 0 Å². The summed E-state index contributed by atoms with van der Waals surface area (Å²) in [6.07, 6.45) is 3.34. The van der Waals surface area contributed by atoms with E-state index in [1.165, 1.54) is 12.8 Å². The van der Waals surface area contributed by atoms with Crippen LogP contribution in [-0.4, -0.2) is 25.8 Å². The molecule has 2 nitrogen and oxygen atoms in total. The lowest BCUT2D eigenvalue weighted by Crippen LogP contribution is -2.39. The van der Waals surface area contributed by atoms with E-state index in [-0.39, 0.29) is 12.4 Å². The van der Waals surface area contributed by atoms with Crippen LogP contribution in [0.4, 0.5) is 0 Å². The van der Waals surface area contributed by atoms with Gasteiger partial charge in [-0.3, -0.25) is 0 Å². The van der Waals surface area contributed by atoms with Gasteiger partial charge in [-0.2, -0.15) is 0 Å². The molecule has 1 saturated heterocycles. The lowest BCUT2D eigenvalue weighted by Gasteiger charge is -2.22. The zero-order chi connectivity index (χ0) is 6.10. The SMILES string of the molecule is C1CO[C@H](C2CC2)CN1.Cl. The van der Waals surface area contributed by atoms with E-state index >= 15 is 0 Å². The highest BCUT2D eigenvalue weighted by atomic mass is 35.5. The number of rotatable bonds is 1. The van der Waals surface area contributed by atoms with Crippen molar-refractivity contribution in [3.63, 3.8) is 0 Å². The van der Waals surface area contributed by atoms with E-state index in [0.717, 1.165) is 25.6 Å². The van der Waals surface area contributed by atoms with Crippen molar-refractivity contribution in [1.82, 2.24) is 5.32 Å². The zero-order valence-corrected chi connectivity index (χ0v) is 6.82. The molecule has 3 heteroatoms. The Morgan fingerprint density at radius 2 is 2.10 bits per heavy atom. The maximum Gasteiger partial charge on any atom is 0.0728 e. The van der Waals surface area contributed by atoms with Gasteiger partial charge >= 0.3 is 0 Å². The summed E-state index contributed by atoms with van der Waals surface area (Å²) in [7, 11) is 0. The Morgan fingerprint density at radius 1 is 1.30 bits per heavy atom. The maximum atomic E-state index is 5.54. The molecule has 1 atom stereocenters. The fraction of sp³-hybridized carbons (Fsp3) is 1.00. The predicted molar refractivity (Wildman–Crippen MR) is 42.6 cm³/mol. The number of hydrogen-bond acceptors (Lipinski definition) is 2. The minimum absolute atomic E-state index is 0. The second kappa shape index (κ2) is 3.56. The molecule has 0 radical (unpaired) electrons. The van der Waals surface area contributed by atoms with Gasteiger partial charge in [0, 0.05) is 13.1 Å². The Labute approximate surface area is 67.7 Å². The van der Waals surface area contributed by atoms with Gasteiger partial charge in [0.05, 0.1) is 12.7 Å². The van der Waals surface area contributed by atoms with Gasteiger partial charge in [0.2, 0.25) is 0 Å². The Morgan fingerprint density at radius 3 is 2.60 bits per heavy atom. The van der Waals surface area contributed by atoms with Gasteiger partial charge in [-0.15, -0.1) is 12.4 Å². The molecule has 60 valence electrons. The smallest absolute Gasteiger partial charge is 0.0728 e. The highest BCUT2D eigenvalue weighted by Crippen LogP contribution is 2.34. The average Bonchev–Trinajstić information content (AvgIpc) is 2.71. The third kappa shape index (κ3) is 1.84. The Hall–Kier alpha value is 0.210. The quantitative estimate of drug-likeness (QED) is 0.618. The van der Waals surface area contributed by atoms with Crippen LogP contribution in [0.3, 0.4) is 0 Å². The molecule has 2 aliphatic rings. The van der Waals surface area contributed by atoms with Crippen molar-refractivity contribution in [3.05, 3.63) is 0 Å². The zero-order valence-electron chi connectivity index (χ0n) is 6.01. The van der Waals surface area contributed by atoms with Gasteiger partial charge in [-0.25, -0.2) is 0 Å². The van der Waals surface area contributed by atoms with Crippen LogP contribution in [0.25, 0.3) is 0 Å². The molecule has 0 amide bonds. The van der Waals surface area contributed by atoms with Crippen LogP contribution < -0.4 is 5.32 Å². The van der Waals surface area contributed by atoms with Gasteiger partial charge in [-0.05, 0) is 18.8 Å². The van der Waals surface area contributed by atoms with Crippen LogP contribution in [0.5, 0.6) is 0 Å². The maximum absolute atomic E-state index is 5.54. The Bertz CT molecular complexity index is 99.8. The van der Waals surface area contributed by atoms with Crippen molar-refractivity contribution in [2.24, 2.45) is 5.92 Å². The van der Waals surface area contributed by atoms with Gasteiger partial charge in [0.25, 0.3) is 0 Å². The van der Waals surface area contributed by atoms with Crippen LogP contribution in [-0.2, 0) is 4.74 Å². The molecule has 10 heavy (non-hydrogen) atoms. The topological polar surface area (TPSA) is 21.3 Å². The average molecular weight is 164 g/mol. The summed E-state index contributed by atoms with van der Waals surface area (Å²) >= 11 is 0. The number of ether oxygens (including phenoxy) is 1. The number of hydrogen-bond donors (Lipinski definition) is 1. The second-order valence-electron chi connectivity index (χ2n) is 2.95.